The van der Waals surface area contributed by atoms with Gasteiger partial charge in [-0.05, 0) is 20.3 Å². The summed E-state index contributed by atoms with van der Waals surface area (Å²) in [6.07, 6.45) is 6.40. The van der Waals surface area contributed by atoms with Crippen molar-refractivity contribution in [1.29, 1.82) is 0 Å². The average molecular weight is 152 g/mol. The quantitative estimate of drug-likeness (QED) is 0.513. The molecule has 1 saturated carbocycles. The van der Waals surface area contributed by atoms with Gasteiger partial charge < -0.3 is 9.84 Å². The highest BCUT2D eigenvalue weighted by Crippen LogP contribution is 2.63. The van der Waals surface area contributed by atoms with E-state index in [9.17, 15) is 5.11 Å². The number of hydrogen-bond acceptors (Lipinski definition) is 2. The third-order valence-corrected chi connectivity index (χ3v) is 3.01. The highest BCUT2D eigenvalue weighted by atomic mass is 16.6. The Morgan fingerprint density at radius 1 is 1.73 bits per heavy atom. The Morgan fingerprint density at radius 2 is 2.36 bits per heavy atom. The molecule has 11 heavy (non-hydrogen) atoms. The molecular weight excluding hydrogens is 140 g/mol. The Morgan fingerprint density at radius 3 is 2.73 bits per heavy atom. The van der Waals surface area contributed by atoms with Gasteiger partial charge in [-0.2, -0.15) is 0 Å². The van der Waals surface area contributed by atoms with Gasteiger partial charge >= 0.3 is 0 Å². The molecule has 2 rings (SSSR count). The number of ether oxygens (including phenoxy) is 1. The van der Waals surface area contributed by atoms with Gasteiger partial charge in [-0.15, -0.1) is 6.42 Å². The van der Waals surface area contributed by atoms with E-state index >= 15 is 0 Å². The van der Waals surface area contributed by atoms with E-state index in [1.54, 1.807) is 6.92 Å². The van der Waals surface area contributed by atoms with E-state index in [0.29, 0.717) is 0 Å². The predicted molar refractivity (Wildman–Crippen MR) is 40.8 cm³/mol. The van der Waals surface area contributed by atoms with Crippen LogP contribution in [0.25, 0.3) is 0 Å². The molecule has 2 heteroatoms. The number of fused-ring (bicyclic) bond motifs is 1. The smallest absolute Gasteiger partial charge is 0.163 e. The topological polar surface area (TPSA) is 29.5 Å². The van der Waals surface area contributed by atoms with E-state index < -0.39 is 11.2 Å². The largest absolute Gasteiger partial charge is 0.386 e. The van der Waals surface area contributed by atoms with Gasteiger partial charge in [-0.3, -0.25) is 0 Å². The van der Waals surface area contributed by atoms with Gasteiger partial charge in [0.15, 0.2) is 5.60 Å². The molecule has 4 atom stereocenters. The number of aliphatic hydroxyl groups is 1. The molecule has 0 aromatic carbocycles. The van der Waals surface area contributed by atoms with Crippen molar-refractivity contribution in [3.05, 3.63) is 0 Å². The molecule has 60 valence electrons. The first-order valence-corrected chi connectivity index (χ1v) is 3.92. The van der Waals surface area contributed by atoms with Crippen LogP contribution < -0.4 is 0 Å². The van der Waals surface area contributed by atoms with Crippen molar-refractivity contribution >= 4 is 0 Å². The summed E-state index contributed by atoms with van der Waals surface area (Å²) in [4.78, 5) is 0. The molecule has 1 N–H and O–H groups in total. The molecule has 2 nitrogen and oxygen atoms in total. The summed E-state index contributed by atoms with van der Waals surface area (Å²) in [5.74, 6) is 2.72. The van der Waals surface area contributed by atoms with Crippen molar-refractivity contribution in [1.82, 2.24) is 0 Å². The maximum absolute atomic E-state index is 9.71. The maximum Gasteiger partial charge on any atom is 0.163 e. The van der Waals surface area contributed by atoms with Gasteiger partial charge in [0.1, 0.15) is 5.60 Å². The molecule has 4 unspecified atom stereocenters. The minimum absolute atomic E-state index is 0.162. The van der Waals surface area contributed by atoms with Crippen molar-refractivity contribution in [3.63, 3.8) is 0 Å². The van der Waals surface area contributed by atoms with E-state index in [1.165, 1.54) is 0 Å². The monoisotopic (exact) mass is 152 g/mol. The Balaban J connectivity index is 2.29. The van der Waals surface area contributed by atoms with Crippen LogP contribution in [0.1, 0.15) is 20.3 Å². The fourth-order valence-electron chi connectivity index (χ4n) is 2.23. The first-order chi connectivity index (χ1) is 5.04. The van der Waals surface area contributed by atoms with Gasteiger partial charge in [0.05, 0.1) is 6.10 Å². The summed E-state index contributed by atoms with van der Waals surface area (Å²) in [7, 11) is 0. The molecule has 0 radical (unpaired) electrons. The van der Waals surface area contributed by atoms with Crippen LogP contribution in [0.4, 0.5) is 0 Å². The molecule has 0 amide bonds. The lowest BCUT2D eigenvalue weighted by Crippen LogP contribution is -2.27. The molecule has 0 aromatic rings. The summed E-state index contributed by atoms with van der Waals surface area (Å²) in [5.41, 5.74) is -1.42. The molecule has 0 bridgehead atoms. The minimum Gasteiger partial charge on any atom is -0.386 e. The fourth-order valence-corrected chi connectivity index (χ4v) is 2.23. The van der Waals surface area contributed by atoms with Crippen molar-refractivity contribution in [2.45, 2.75) is 37.6 Å². The summed E-state index contributed by atoms with van der Waals surface area (Å²) < 4.78 is 5.50. The lowest BCUT2D eigenvalue weighted by Gasteiger charge is -2.16. The fraction of sp³-hybridized carbons (Fsp3) is 0.778. The Labute approximate surface area is 66.6 Å². The van der Waals surface area contributed by atoms with Crippen LogP contribution in [0.2, 0.25) is 0 Å². The zero-order valence-electron chi connectivity index (χ0n) is 6.79. The molecular formula is C9H12O2. The van der Waals surface area contributed by atoms with Gasteiger partial charge in [-0.1, -0.05) is 5.92 Å². The van der Waals surface area contributed by atoms with Crippen LogP contribution in [-0.2, 0) is 4.74 Å². The molecule has 2 aliphatic rings. The Kier molecular flexibility index (Phi) is 1.06. The van der Waals surface area contributed by atoms with Gasteiger partial charge in [0.2, 0.25) is 0 Å². The molecule has 1 heterocycles. The summed E-state index contributed by atoms with van der Waals surface area (Å²) in [6, 6.07) is 0. The number of terminal acetylenes is 1. The molecule has 1 saturated heterocycles. The summed E-state index contributed by atoms with van der Waals surface area (Å²) in [6.45, 7) is 3.74. The Bertz CT molecular complexity index is 238. The normalized spacial score (nSPS) is 60.2. The number of rotatable bonds is 0. The van der Waals surface area contributed by atoms with Gasteiger partial charge in [-0.25, -0.2) is 0 Å². The first kappa shape index (κ1) is 7.15. The van der Waals surface area contributed by atoms with Crippen LogP contribution in [0, 0.1) is 18.3 Å². The van der Waals surface area contributed by atoms with Crippen LogP contribution in [-0.4, -0.2) is 22.4 Å². The van der Waals surface area contributed by atoms with Crippen LogP contribution in [0.15, 0.2) is 0 Å². The summed E-state index contributed by atoms with van der Waals surface area (Å²) in [5, 5.41) is 9.71. The molecule has 1 aliphatic carbocycles. The standard InChI is InChI=1S/C9H12O2/c1-4-9-7(8(9,3)10)5-6(2)11-9/h1,6-7,10H,5H2,2-3H3. The third-order valence-electron chi connectivity index (χ3n) is 3.01. The minimum atomic E-state index is -0.770. The van der Waals surface area contributed by atoms with E-state index in [0.717, 1.165) is 6.42 Å². The van der Waals surface area contributed by atoms with Gasteiger partial charge in [0, 0.05) is 5.92 Å². The van der Waals surface area contributed by atoms with Crippen molar-refractivity contribution < 1.29 is 9.84 Å². The van der Waals surface area contributed by atoms with E-state index in [2.05, 4.69) is 5.92 Å². The maximum atomic E-state index is 9.71. The van der Waals surface area contributed by atoms with Crippen LogP contribution >= 0.6 is 0 Å². The third kappa shape index (κ3) is 0.571. The second-order valence-electron chi connectivity index (χ2n) is 3.74. The molecule has 0 aromatic heterocycles. The molecule has 2 fully saturated rings. The van der Waals surface area contributed by atoms with E-state index in [-0.39, 0.29) is 12.0 Å². The molecule has 1 aliphatic heterocycles. The van der Waals surface area contributed by atoms with Crippen LogP contribution in [0.3, 0.4) is 0 Å². The number of hydrogen-bond donors (Lipinski definition) is 1. The average Bonchev–Trinajstić information content (AvgIpc) is 2.26. The first-order valence-electron chi connectivity index (χ1n) is 3.92. The van der Waals surface area contributed by atoms with Crippen molar-refractivity contribution in [2.75, 3.05) is 0 Å². The molecule has 0 spiro atoms. The lowest BCUT2D eigenvalue weighted by atomic mass is 10.1. The highest BCUT2D eigenvalue weighted by molar-refractivity contribution is 5.39. The Hall–Kier alpha value is -0.520. The van der Waals surface area contributed by atoms with Crippen LogP contribution in [0.5, 0.6) is 0 Å². The summed E-state index contributed by atoms with van der Waals surface area (Å²) >= 11 is 0. The lowest BCUT2D eigenvalue weighted by molar-refractivity contribution is -0.0302. The predicted octanol–water partition coefficient (Wildman–Crippen LogP) is 0.548. The van der Waals surface area contributed by atoms with Gasteiger partial charge in [0.25, 0.3) is 0 Å². The highest BCUT2D eigenvalue weighted by Gasteiger charge is 2.78. The van der Waals surface area contributed by atoms with Crippen molar-refractivity contribution in [2.24, 2.45) is 5.92 Å². The second kappa shape index (κ2) is 1.63. The SMILES string of the molecule is C#CC12OC(C)CC1C2(C)O. The van der Waals surface area contributed by atoms with Crippen molar-refractivity contribution in [3.8, 4) is 12.3 Å². The second-order valence-corrected chi connectivity index (χ2v) is 3.74. The van der Waals surface area contributed by atoms with E-state index in [1.807, 2.05) is 6.92 Å². The zero-order chi connectivity index (χ0) is 8.28. The zero-order valence-corrected chi connectivity index (χ0v) is 6.79. The van der Waals surface area contributed by atoms with E-state index in [4.69, 9.17) is 11.2 Å².